The number of nitrogens with one attached hydrogen (secondary N) is 1. The number of aryl methyl sites for hydroxylation is 1. The van der Waals surface area contributed by atoms with Gasteiger partial charge < -0.3 is 10.1 Å². The van der Waals surface area contributed by atoms with Gasteiger partial charge in [0.25, 0.3) is 0 Å². The fraction of sp³-hybridized carbons (Fsp3) is 0.333. The molecule has 1 unspecified atom stereocenters. The number of carbonyl (C=O) groups excluding carboxylic acids is 2. The predicted octanol–water partition coefficient (Wildman–Crippen LogP) is 5.08. The minimum Gasteiger partial charge on any atom is -0.494 e. The van der Waals surface area contributed by atoms with Gasteiger partial charge in [0, 0.05) is 18.3 Å². The molecule has 8 heteroatoms. The van der Waals surface area contributed by atoms with E-state index in [2.05, 4.69) is 29.5 Å². The minimum atomic E-state index is -0.887. The lowest BCUT2D eigenvalue weighted by Gasteiger charge is -2.32. The van der Waals surface area contributed by atoms with Gasteiger partial charge in [-0.05, 0) is 56.0 Å². The molecule has 4 rings (SSSR count). The molecular formula is C30H35N5O3. The van der Waals surface area contributed by atoms with E-state index in [0.29, 0.717) is 36.0 Å². The number of hydrogen-bond donors (Lipinski definition) is 1. The maximum Gasteiger partial charge on any atom is 0.249 e. The van der Waals surface area contributed by atoms with Gasteiger partial charge in [-0.15, -0.1) is 5.10 Å². The molecule has 4 aromatic rings. The fourth-order valence-corrected chi connectivity index (χ4v) is 4.31. The monoisotopic (exact) mass is 513 g/mol. The Morgan fingerprint density at radius 2 is 1.79 bits per heavy atom. The fourth-order valence-electron chi connectivity index (χ4n) is 4.31. The first-order valence-electron chi connectivity index (χ1n) is 13.0. The Hall–Kier alpha value is -4.20. The molecule has 0 saturated heterocycles. The van der Waals surface area contributed by atoms with Gasteiger partial charge in [-0.25, -0.2) is 4.68 Å². The maximum atomic E-state index is 14.1. The zero-order valence-corrected chi connectivity index (χ0v) is 22.4. The van der Waals surface area contributed by atoms with Gasteiger partial charge in [-0.2, -0.15) is 0 Å². The second kappa shape index (κ2) is 12.4. The molecule has 0 bridgehead atoms. The quantitative estimate of drug-likeness (QED) is 0.302. The number of hydrogen-bond acceptors (Lipinski definition) is 5. The number of para-hydroxylation sites is 1. The molecule has 8 nitrogen and oxygen atoms in total. The van der Waals surface area contributed by atoms with Crippen LogP contribution in [0, 0.1) is 12.8 Å². The number of rotatable bonds is 11. The normalized spacial score (nSPS) is 11.9. The van der Waals surface area contributed by atoms with Crippen LogP contribution in [-0.4, -0.2) is 40.0 Å². The molecule has 0 aliphatic heterocycles. The lowest BCUT2D eigenvalue weighted by molar-refractivity contribution is -0.127. The lowest BCUT2D eigenvalue weighted by atomic mass is 10.0. The number of carbonyl (C=O) groups is 2. The van der Waals surface area contributed by atoms with Crippen molar-refractivity contribution in [3.63, 3.8) is 0 Å². The zero-order valence-electron chi connectivity index (χ0n) is 22.4. The van der Waals surface area contributed by atoms with Gasteiger partial charge in [0.2, 0.25) is 11.8 Å². The van der Waals surface area contributed by atoms with Crippen molar-refractivity contribution in [3.05, 3.63) is 83.9 Å². The summed E-state index contributed by atoms with van der Waals surface area (Å²) in [7, 11) is 0. The Bertz CT molecular complexity index is 1380. The van der Waals surface area contributed by atoms with Crippen molar-refractivity contribution >= 4 is 28.5 Å². The topological polar surface area (TPSA) is 89.3 Å². The Morgan fingerprint density at radius 3 is 2.53 bits per heavy atom. The largest absolute Gasteiger partial charge is 0.494 e. The molecule has 0 aliphatic rings. The van der Waals surface area contributed by atoms with Crippen LogP contribution >= 0.6 is 0 Å². The van der Waals surface area contributed by atoms with Gasteiger partial charge in [0.1, 0.15) is 23.9 Å². The molecule has 1 N–H and O–H groups in total. The van der Waals surface area contributed by atoms with Crippen molar-refractivity contribution in [3.8, 4) is 5.75 Å². The number of anilines is 1. The van der Waals surface area contributed by atoms with Crippen LogP contribution in [0.25, 0.3) is 11.0 Å². The molecule has 1 heterocycles. The molecule has 0 radical (unpaired) electrons. The molecule has 0 fully saturated rings. The summed E-state index contributed by atoms with van der Waals surface area (Å²) in [5.41, 5.74) is 3.80. The third-order valence-electron chi connectivity index (χ3n) is 6.30. The highest BCUT2D eigenvalue weighted by molar-refractivity contribution is 6.01. The highest BCUT2D eigenvalue weighted by Gasteiger charge is 2.33. The highest BCUT2D eigenvalue weighted by Crippen LogP contribution is 2.31. The van der Waals surface area contributed by atoms with E-state index in [1.54, 1.807) is 15.6 Å². The summed E-state index contributed by atoms with van der Waals surface area (Å²) in [5.74, 6) is 0.526. The molecule has 1 aromatic heterocycles. The smallest absolute Gasteiger partial charge is 0.249 e. The Morgan fingerprint density at radius 1 is 1.03 bits per heavy atom. The first-order valence-corrected chi connectivity index (χ1v) is 13.0. The van der Waals surface area contributed by atoms with Crippen LogP contribution < -0.4 is 15.0 Å². The molecule has 0 saturated carbocycles. The third kappa shape index (κ3) is 6.37. The second-order valence-corrected chi connectivity index (χ2v) is 9.72. The summed E-state index contributed by atoms with van der Waals surface area (Å²) in [6, 6.07) is 21.6. The number of ether oxygens (including phenoxy) is 1. The van der Waals surface area contributed by atoms with Crippen molar-refractivity contribution in [1.82, 2.24) is 20.3 Å². The van der Waals surface area contributed by atoms with E-state index in [1.165, 1.54) is 0 Å². The molecule has 1 atom stereocenters. The van der Waals surface area contributed by atoms with Crippen LogP contribution in [-0.2, 0) is 16.1 Å². The van der Waals surface area contributed by atoms with Gasteiger partial charge in [-0.1, -0.05) is 67.1 Å². The van der Waals surface area contributed by atoms with E-state index in [1.807, 2.05) is 80.6 Å². The maximum absolute atomic E-state index is 14.1. The summed E-state index contributed by atoms with van der Waals surface area (Å²) < 4.78 is 7.30. The summed E-state index contributed by atoms with van der Waals surface area (Å²) in [6.07, 6.45) is 0.838. The first kappa shape index (κ1) is 26.9. The third-order valence-corrected chi connectivity index (χ3v) is 6.30. The molecule has 198 valence electrons. The van der Waals surface area contributed by atoms with E-state index in [-0.39, 0.29) is 18.4 Å². The number of nitrogens with zero attached hydrogens (tertiary/aromatic N) is 4. The molecule has 3 aromatic carbocycles. The van der Waals surface area contributed by atoms with Gasteiger partial charge in [-0.3, -0.25) is 14.5 Å². The number of amides is 2. The van der Waals surface area contributed by atoms with Crippen LogP contribution in [0.5, 0.6) is 5.75 Å². The van der Waals surface area contributed by atoms with Crippen LogP contribution in [0.4, 0.5) is 5.69 Å². The minimum absolute atomic E-state index is 0.0823. The Kier molecular flexibility index (Phi) is 8.73. The summed E-state index contributed by atoms with van der Waals surface area (Å²) in [5, 5.41) is 11.5. The van der Waals surface area contributed by atoms with Crippen LogP contribution in [0.3, 0.4) is 0 Å². The van der Waals surface area contributed by atoms with E-state index in [9.17, 15) is 9.59 Å². The zero-order chi connectivity index (χ0) is 27.1. The average Bonchev–Trinajstić information content (AvgIpc) is 3.30. The van der Waals surface area contributed by atoms with Crippen molar-refractivity contribution < 1.29 is 14.3 Å². The van der Waals surface area contributed by atoms with Gasteiger partial charge in [0.15, 0.2) is 0 Å². The molecule has 0 aliphatic carbocycles. The second-order valence-electron chi connectivity index (χ2n) is 9.72. The molecular weight excluding hydrogens is 478 g/mol. The van der Waals surface area contributed by atoms with Crippen molar-refractivity contribution in [2.75, 3.05) is 18.1 Å². The van der Waals surface area contributed by atoms with Crippen molar-refractivity contribution in [2.24, 2.45) is 5.92 Å². The first-order chi connectivity index (χ1) is 18.4. The number of benzene rings is 3. The standard InChI is InChI=1S/C30H35N5O3/c1-5-38-25-10-8-9-24(19-25)35(28(36)20-34-27-12-7-6-11-26(27)32-33-34)29(23-15-13-22(4)14-16-23)30(37)31-18-17-21(2)3/h6-16,19,21,29H,5,17-18,20H2,1-4H3,(H,31,37). The van der Waals surface area contributed by atoms with Crippen LogP contribution in [0.1, 0.15) is 44.4 Å². The predicted molar refractivity (Wildman–Crippen MR) is 149 cm³/mol. The molecule has 2 amide bonds. The highest BCUT2D eigenvalue weighted by atomic mass is 16.5. The summed E-state index contributed by atoms with van der Waals surface area (Å²) in [6.45, 7) is 9.05. The summed E-state index contributed by atoms with van der Waals surface area (Å²) >= 11 is 0. The van der Waals surface area contributed by atoms with E-state index < -0.39 is 6.04 Å². The molecule has 0 spiro atoms. The van der Waals surface area contributed by atoms with Crippen molar-refractivity contribution in [1.29, 1.82) is 0 Å². The summed E-state index contributed by atoms with van der Waals surface area (Å²) in [4.78, 5) is 29.4. The van der Waals surface area contributed by atoms with Crippen LogP contribution in [0.15, 0.2) is 72.8 Å². The Labute approximate surface area is 223 Å². The van der Waals surface area contributed by atoms with Gasteiger partial charge >= 0.3 is 0 Å². The lowest BCUT2D eigenvalue weighted by Crippen LogP contribution is -2.45. The van der Waals surface area contributed by atoms with Crippen LogP contribution in [0.2, 0.25) is 0 Å². The average molecular weight is 514 g/mol. The molecule has 38 heavy (non-hydrogen) atoms. The van der Waals surface area contributed by atoms with E-state index >= 15 is 0 Å². The number of aromatic nitrogens is 3. The SMILES string of the molecule is CCOc1cccc(N(C(=O)Cn2nnc3ccccc32)C(C(=O)NCCC(C)C)c2ccc(C)cc2)c1. The van der Waals surface area contributed by atoms with E-state index in [0.717, 1.165) is 23.1 Å². The van der Waals surface area contributed by atoms with E-state index in [4.69, 9.17) is 4.74 Å². The van der Waals surface area contributed by atoms with Gasteiger partial charge in [0.05, 0.1) is 12.1 Å². The Balaban J connectivity index is 1.78. The number of fused-ring (bicyclic) bond motifs is 1. The van der Waals surface area contributed by atoms with Crippen molar-refractivity contribution in [2.45, 2.75) is 46.7 Å².